The first-order chi connectivity index (χ1) is 29.0. The van der Waals surface area contributed by atoms with Crippen LogP contribution in [0.3, 0.4) is 0 Å². The molecule has 2 aromatic rings. The summed E-state index contributed by atoms with van der Waals surface area (Å²) in [6, 6.07) is 7.30. The van der Waals surface area contributed by atoms with Crippen molar-refractivity contribution in [1.29, 1.82) is 0 Å². The third-order valence-corrected chi connectivity index (χ3v) is 12.3. The maximum Gasteiger partial charge on any atom is 0.418 e. The summed E-state index contributed by atoms with van der Waals surface area (Å²) >= 11 is 6.14. The van der Waals surface area contributed by atoms with Gasteiger partial charge in [-0.2, -0.15) is 13.2 Å². The Bertz CT molecular complexity index is 1930. The zero-order chi connectivity index (χ0) is 44.0. The smallest absolute Gasteiger partial charge is 0.418 e. The number of nitrogens with one attached hydrogen (secondary N) is 1. The summed E-state index contributed by atoms with van der Waals surface area (Å²) in [5.41, 5.74) is 5.59. The van der Waals surface area contributed by atoms with Crippen molar-refractivity contribution in [3.8, 4) is 5.75 Å². The summed E-state index contributed by atoms with van der Waals surface area (Å²) in [6.45, 7) is 3.96. The summed E-state index contributed by atoms with van der Waals surface area (Å²) in [4.78, 5) is 75.6. The Morgan fingerprint density at radius 2 is 1.57 bits per heavy atom. The number of likely N-dealkylation sites (tertiary alicyclic amines) is 2. The number of piperazine rings is 1. The Kier molecular flexibility index (Phi) is 14.8. The number of likely N-dealkylation sites (N-methyl/N-ethyl adjacent to an activating group) is 1. The fourth-order valence-electron chi connectivity index (χ4n) is 8.32. The number of nitrogen functional groups attached to an aromatic ring is 1. The molecule has 3 N–H and O–H groups in total. The molecular weight excluding hydrogens is 825 g/mol. The van der Waals surface area contributed by atoms with Crippen LogP contribution in [0.25, 0.3) is 0 Å². The normalized spacial score (nSPS) is 19.1. The topological polar surface area (TPSA) is 171 Å². The third kappa shape index (κ3) is 11.5. The van der Waals surface area contributed by atoms with Gasteiger partial charge in [-0.05, 0) is 73.6 Å². The van der Waals surface area contributed by atoms with Crippen LogP contribution in [0.2, 0.25) is 5.02 Å². The average molecular weight is 879 g/mol. The number of ether oxygens (including phenoxy) is 3. The summed E-state index contributed by atoms with van der Waals surface area (Å²) in [5.74, 6) is -0.613. The summed E-state index contributed by atoms with van der Waals surface area (Å²) < 4.78 is 58.1. The molecular formula is C41H54ClF3N8O8. The molecule has 5 amide bonds. The van der Waals surface area contributed by atoms with E-state index in [1.165, 1.54) is 15.9 Å². The molecule has 0 aromatic heterocycles. The van der Waals surface area contributed by atoms with Crippen LogP contribution in [0.4, 0.5) is 34.1 Å². The standard InChI is InChI=1S/C41H54ClF3N8O8/c1-48(2)35(54)25-60-36(55)24-49-16-18-50(19-17-49)28-7-11-51(12-8-28)38(56)34(22-26-20-31(41(43,44)45)37(46)32(42)21-26)61-40(58)52-13-9-29(10-14-52)53-15-6-27-23-30(59-3)4-5-33(27)47-39(53)57/h4-5,20-21,23,28-29,34H,6-19,22,24-25,46H2,1-3H3,(H,47,57)/t34-/m1/s1. The third-order valence-electron chi connectivity index (χ3n) is 11.9. The Morgan fingerprint density at radius 3 is 2.21 bits per heavy atom. The first-order valence-corrected chi connectivity index (χ1v) is 20.8. The molecule has 0 radical (unpaired) electrons. The second kappa shape index (κ2) is 19.8. The van der Waals surface area contributed by atoms with Crippen LogP contribution in [0.5, 0.6) is 5.75 Å². The van der Waals surface area contributed by atoms with Gasteiger partial charge in [-0.3, -0.25) is 24.2 Å². The van der Waals surface area contributed by atoms with Crippen LogP contribution in [0.1, 0.15) is 42.4 Å². The fraction of sp³-hybridized carbons (Fsp3) is 0.585. The van der Waals surface area contributed by atoms with Crippen LogP contribution in [-0.4, -0.2) is 171 Å². The van der Waals surface area contributed by atoms with Crippen molar-refractivity contribution in [3.05, 3.63) is 52.0 Å². The van der Waals surface area contributed by atoms with E-state index >= 15 is 0 Å². The van der Waals surface area contributed by atoms with Gasteiger partial charge in [-0.25, -0.2) is 9.59 Å². The number of piperidine rings is 2. The number of carbonyl (C=O) groups is 5. The van der Waals surface area contributed by atoms with Gasteiger partial charge in [-0.1, -0.05) is 11.6 Å². The Balaban J connectivity index is 1.06. The number of esters is 1. The van der Waals surface area contributed by atoms with Crippen LogP contribution < -0.4 is 15.8 Å². The van der Waals surface area contributed by atoms with E-state index < -0.39 is 41.5 Å². The molecule has 334 valence electrons. The quantitative estimate of drug-likeness (QED) is 0.249. The number of hydrogen-bond acceptors (Lipinski definition) is 11. The van der Waals surface area contributed by atoms with Gasteiger partial charge in [0.05, 0.1) is 29.9 Å². The van der Waals surface area contributed by atoms with E-state index in [1.54, 1.807) is 37.1 Å². The number of fused-ring (bicyclic) bond motifs is 1. The van der Waals surface area contributed by atoms with Gasteiger partial charge in [0.2, 0.25) is 0 Å². The van der Waals surface area contributed by atoms with E-state index in [1.807, 2.05) is 17.0 Å². The number of carbonyl (C=O) groups excluding carboxylic acids is 5. The summed E-state index contributed by atoms with van der Waals surface area (Å²) in [7, 11) is 4.75. The number of urea groups is 1. The SMILES string of the molecule is COc1ccc2c(c1)CCN(C1CCN(C(=O)O[C@H](Cc3cc(Cl)c(N)c(C(F)(F)F)c3)C(=O)N3CCC(N4CCN(CC(=O)OCC(=O)N(C)C)CC4)CC3)CC1)C(=O)N2. The molecule has 0 saturated carbocycles. The number of hydrogen-bond donors (Lipinski definition) is 2. The number of anilines is 2. The molecule has 2 aromatic carbocycles. The van der Waals surface area contributed by atoms with E-state index in [-0.39, 0.29) is 67.3 Å². The minimum absolute atomic E-state index is 0.0307. The molecule has 4 heterocycles. The van der Waals surface area contributed by atoms with Crippen molar-refractivity contribution in [1.82, 2.24) is 29.4 Å². The molecule has 4 aliphatic heterocycles. The molecule has 3 saturated heterocycles. The van der Waals surface area contributed by atoms with Crippen molar-refractivity contribution in [2.75, 3.05) is 104 Å². The lowest BCUT2D eigenvalue weighted by atomic mass is 9.99. The van der Waals surface area contributed by atoms with Gasteiger partial charge in [-0.15, -0.1) is 0 Å². The highest BCUT2D eigenvalue weighted by Crippen LogP contribution is 2.38. The van der Waals surface area contributed by atoms with Gasteiger partial charge in [0.1, 0.15) is 5.75 Å². The molecule has 6 rings (SSSR count). The van der Waals surface area contributed by atoms with Gasteiger partial charge in [0, 0.05) is 97.2 Å². The van der Waals surface area contributed by atoms with Crippen LogP contribution in [0, 0.1) is 0 Å². The van der Waals surface area contributed by atoms with Crippen molar-refractivity contribution in [2.24, 2.45) is 0 Å². The lowest BCUT2D eigenvalue weighted by Crippen LogP contribution is -2.55. The molecule has 0 bridgehead atoms. The molecule has 0 unspecified atom stereocenters. The lowest BCUT2D eigenvalue weighted by Gasteiger charge is -2.43. The number of methoxy groups -OCH3 is 1. The van der Waals surface area contributed by atoms with Crippen LogP contribution >= 0.6 is 11.6 Å². The summed E-state index contributed by atoms with van der Waals surface area (Å²) in [6.07, 6.45) is -4.67. The number of halogens is 4. The first-order valence-electron chi connectivity index (χ1n) is 20.5. The molecule has 16 nitrogen and oxygen atoms in total. The Morgan fingerprint density at radius 1 is 0.918 bits per heavy atom. The van der Waals surface area contributed by atoms with Crippen molar-refractivity contribution in [3.63, 3.8) is 0 Å². The zero-order valence-corrected chi connectivity index (χ0v) is 35.4. The number of nitrogens with zero attached hydrogens (tertiary/aromatic N) is 6. The highest BCUT2D eigenvalue weighted by atomic mass is 35.5. The number of rotatable bonds is 11. The average Bonchev–Trinajstić information content (AvgIpc) is 3.40. The number of amides is 5. The molecule has 61 heavy (non-hydrogen) atoms. The van der Waals surface area contributed by atoms with Crippen molar-refractivity contribution < 1.29 is 51.4 Å². The lowest BCUT2D eigenvalue weighted by molar-refractivity contribution is -0.152. The van der Waals surface area contributed by atoms with E-state index in [0.717, 1.165) is 11.6 Å². The minimum atomic E-state index is -4.81. The van der Waals surface area contributed by atoms with Gasteiger partial charge < -0.3 is 44.9 Å². The van der Waals surface area contributed by atoms with Crippen LogP contribution in [0.15, 0.2) is 30.3 Å². The molecule has 3 fully saturated rings. The number of nitrogens with two attached hydrogens (primary N) is 1. The van der Waals surface area contributed by atoms with E-state index in [4.69, 9.17) is 31.5 Å². The number of benzene rings is 2. The predicted molar refractivity (Wildman–Crippen MR) is 219 cm³/mol. The predicted octanol–water partition coefficient (Wildman–Crippen LogP) is 3.79. The second-order valence-corrected chi connectivity index (χ2v) is 16.5. The molecule has 0 aliphatic carbocycles. The van der Waals surface area contributed by atoms with Gasteiger partial charge >= 0.3 is 24.3 Å². The molecule has 1 atom stereocenters. The molecule has 0 spiro atoms. The largest absolute Gasteiger partial charge is 0.497 e. The van der Waals surface area contributed by atoms with Crippen molar-refractivity contribution in [2.45, 2.75) is 62.9 Å². The zero-order valence-electron chi connectivity index (χ0n) is 34.7. The fourth-order valence-corrected chi connectivity index (χ4v) is 8.56. The maximum absolute atomic E-state index is 14.2. The Labute approximate surface area is 357 Å². The Hall–Kier alpha value is -5.01. The maximum atomic E-state index is 14.2. The first kappa shape index (κ1) is 45.5. The molecule has 20 heteroatoms. The molecule has 4 aliphatic rings. The van der Waals surface area contributed by atoms with E-state index in [0.29, 0.717) is 89.4 Å². The highest BCUT2D eigenvalue weighted by Gasteiger charge is 2.39. The minimum Gasteiger partial charge on any atom is -0.497 e. The van der Waals surface area contributed by atoms with Crippen LogP contribution in [-0.2, 0) is 42.9 Å². The monoisotopic (exact) mass is 878 g/mol. The van der Waals surface area contributed by atoms with Gasteiger partial charge in [0.25, 0.3) is 11.8 Å². The van der Waals surface area contributed by atoms with E-state index in [2.05, 4.69) is 10.2 Å². The van der Waals surface area contributed by atoms with Crippen molar-refractivity contribution >= 4 is 52.9 Å². The summed E-state index contributed by atoms with van der Waals surface area (Å²) in [5, 5.41) is 2.64. The highest BCUT2D eigenvalue weighted by molar-refractivity contribution is 6.33. The second-order valence-electron chi connectivity index (χ2n) is 16.0. The van der Waals surface area contributed by atoms with Gasteiger partial charge in [0.15, 0.2) is 12.7 Å². The van der Waals surface area contributed by atoms with E-state index in [9.17, 15) is 37.1 Å². The number of alkyl halides is 3.